The molecule has 0 radical (unpaired) electrons. The zero-order valence-electron chi connectivity index (χ0n) is 8.48. The van der Waals surface area contributed by atoms with E-state index < -0.39 is 0 Å². The average molecular weight is 169 g/mol. The molecule has 0 aliphatic rings. The molecule has 0 aromatic rings. The Balaban J connectivity index is 4.14. The highest BCUT2D eigenvalue weighted by molar-refractivity contribution is 5.76. The Kier molecular flexibility index (Phi) is 4.64. The van der Waals surface area contributed by atoms with Crippen LogP contribution >= 0.6 is 0 Å². The summed E-state index contributed by atoms with van der Waals surface area (Å²) in [6.07, 6.45) is 0.538. The Morgan fingerprint density at radius 1 is 1.50 bits per heavy atom. The van der Waals surface area contributed by atoms with Gasteiger partial charge in [0.1, 0.15) is 0 Å². The summed E-state index contributed by atoms with van der Waals surface area (Å²) in [6.45, 7) is 11.8. The fourth-order valence-electron chi connectivity index (χ4n) is 1.13. The number of hydrogen-bond donors (Lipinski definition) is 1. The normalized spacial score (nSPS) is 12.8. The maximum Gasteiger partial charge on any atom is 0.220 e. The zero-order valence-corrected chi connectivity index (χ0v) is 8.48. The van der Waals surface area contributed by atoms with Crippen LogP contribution in [0.2, 0.25) is 0 Å². The SMILES string of the molecule is C=C(C)[C@@H](NC(=O)CC)C(C)C. The standard InChI is InChI=1S/C10H19NO/c1-6-9(12)11-10(7(2)3)8(4)5/h8,10H,2,6H2,1,3-5H3,(H,11,12)/t10-/m1/s1. The van der Waals surface area contributed by atoms with Gasteiger partial charge in [0.05, 0.1) is 6.04 Å². The maximum absolute atomic E-state index is 11.1. The summed E-state index contributed by atoms with van der Waals surface area (Å²) < 4.78 is 0. The monoisotopic (exact) mass is 169 g/mol. The summed E-state index contributed by atoms with van der Waals surface area (Å²) in [5.74, 6) is 0.509. The van der Waals surface area contributed by atoms with Gasteiger partial charge in [0.25, 0.3) is 0 Å². The molecule has 0 aliphatic heterocycles. The van der Waals surface area contributed by atoms with E-state index in [9.17, 15) is 4.79 Å². The van der Waals surface area contributed by atoms with Gasteiger partial charge in [-0.3, -0.25) is 4.79 Å². The Bertz CT molecular complexity index is 173. The quantitative estimate of drug-likeness (QED) is 0.642. The van der Waals surface area contributed by atoms with Crippen molar-refractivity contribution in [3.8, 4) is 0 Å². The van der Waals surface area contributed by atoms with Crippen molar-refractivity contribution in [1.29, 1.82) is 0 Å². The molecule has 0 spiro atoms. The number of carbonyl (C=O) groups excluding carboxylic acids is 1. The van der Waals surface area contributed by atoms with E-state index >= 15 is 0 Å². The van der Waals surface area contributed by atoms with E-state index in [-0.39, 0.29) is 11.9 Å². The fraction of sp³-hybridized carbons (Fsp3) is 0.700. The second-order valence-electron chi connectivity index (χ2n) is 3.49. The van der Waals surface area contributed by atoms with Crippen LogP contribution in [0.25, 0.3) is 0 Å². The van der Waals surface area contributed by atoms with Crippen molar-refractivity contribution in [2.75, 3.05) is 0 Å². The molecule has 0 rings (SSSR count). The molecule has 0 bridgehead atoms. The molecule has 0 saturated carbocycles. The molecule has 2 nitrogen and oxygen atoms in total. The fourth-order valence-corrected chi connectivity index (χ4v) is 1.13. The third-order valence-electron chi connectivity index (χ3n) is 1.84. The lowest BCUT2D eigenvalue weighted by Crippen LogP contribution is -2.38. The summed E-state index contributed by atoms with van der Waals surface area (Å²) >= 11 is 0. The van der Waals surface area contributed by atoms with Gasteiger partial charge in [0, 0.05) is 6.42 Å². The molecule has 0 aromatic heterocycles. The van der Waals surface area contributed by atoms with Crippen molar-refractivity contribution < 1.29 is 4.79 Å². The van der Waals surface area contributed by atoms with Gasteiger partial charge < -0.3 is 5.32 Å². The molecule has 0 saturated heterocycles. The molecule has 0 fully saturated rings. The molecule has 0 aromatic carbocycles. The summed E-state index contributed by atoms with van der Waals surface area (Å²) in [7, 11) is 0. The van der Waals surface area contributed by atoms with E-state index in [1.54, 1.807) is 0 Å². The Morgan fingerprint density at radius 2 is 2.00 bits per heavy atom. The Morgan fingerprint density at radius 3 is 2.25 bits per heavy atom. The maximum atomic E-state index is 11.1. The smallest absolute Gasteiger partial charge is 0.220 e. The van der Waals surface area contributed by atoms with Crippen molar-refractivity contribution in [3.63, 3.8) is 0 Å². The van der Waals surface area contributed by atoms with Crippen LogP contribution in [0, 0.1) is 5.92 Å². The topological polar surface area (TPSA) is 29.1 Å². The second-order valence-corrected chi connectivity index (χ2v) is 3.49. The molecule has 12 heavy (non-hydrogen) atoms. The lowest BCUT2D eigenvalue weighted by atomic mass is 9.98. The first kappa shape index (κ1) is 11.2. The Hall–Kier alpha value is -0.790. The highest BCUT2D eigenvalue weighted by atomic mass is 16.1. The van der Waals surface area contributed by atoms with Gasteiger partial charge in [-0.2, -0.15) is 0 Å². The van der Waals surface area contributed by atoms with Crippen LogP contribution in [0.3, 0.4) is 0 Å². The molecule has 1 atom stereocenters. The van der Waals surface area contributed by atoms with Crippen LogP contribution in [0.4, 0.5) is 0 Å². The van der Waals surface area contributed by atoms with Gasteiger partial charge in [0.15, 0.2) is 0 Å². The molecule has 1 N–H and O–H groups in total. The predicted octanol–water partition coefficient (Wildman–Crippen LogP) is 2.11. The molecule has 0 heterocycles. The molecule has 0 unspecified atom stereocenters. The third-order valence-corrected chi connectivity index (χ3v) is 1.84. The van der Waals surface area contributed by atoms with E-state index in [0.717, 1.165) is 5.57 Å². The lowest BCUT2D eigenvalue weighted by molar-refractivity contribution is -0.121. The van der Waals surface area contributed by atoms with Crippen molar-refractivity contribution in [2.45, 2.75) is 40.2 Å². The minimum atomic E-state index is 0.0942. The minimum absolute atomic E-state index is 0.0942. The summed E-state index contributed by atoms with van der Waals surface area (Å²) in [5, 5.41) is 2.93. The van der Waals surface area contributed by atoms with Crippen molar-refractivity contribution in [3.05, 3.63) is 12.2 Å². The van der Waals surface area contributed by atoms with Crippen molar-refractivity contribution in [1.82, 2.24) is 5.32 Å². The van der Waals surface area contributed by atoms with E-state index in [0.29, 0.717) is 12.3 Å². The first-order valence-electron chi connectivity index (χ1n) is 4.43. The minimum Gasteiger partial charge on any atom is -0.349 e. The second kappa shape index (κ2) is 4.96. The van der Waals surface area contributed by atoms with E-state index in [2.05, 4.69) is 25.7 Å². The van der Waals surface area contributed by atoms with Crippen LogP contribution in [-0.2, 0) is 4.79 Å². The van der Waals surface area contributed by atoms with Crippen LogP contribution in [-0.4, -0.2) is 11.9 Å². The third kappa shape index (κ3) is 3.56. The predicted molar refractivity (Wildman–Crippen MR) is 51.9 cm³/mol. The number of rotatable bonds is 4. The van der Waals surface area contributed by atoms with Crippen LogP contribution < -0.4 is 5.32 Å². The largest absolute Gasteiger partial charge is 0.349 e. The molecular formula is C10H19NO. The van der Waals surface area contributed by atoms with Crippen LogP contribution in [0.5, 0.6) is 0 Å². The highest BCUT2D eigenvalue weighted by Gasteiger charge is 2.15. The molecule has 2 heteroatoms. The van der Waals surface area contributed by atoms with Crippen LogP contribution in [0.15, 0.2) is 12.2 Å². The van der Waals surface area contributed by atoms with Gasteiger partial charge >= 0.3 is 0 Å². The van der Waals surface area contributed by atoms with Crippen molar-refractivity contribution >= 4 is 5.91 Å². The highest BCUT2D eigenvalue weighted by Crippen LogP contribution is 2.09. The van der Waals surface area contributed by atoms with E-state index in [1.807, 2.05) is 13.8 Å². The zero-order chi connectivity index (χ0) is 9.72. The number of amides is 1. The summed E-state index contributed by atoms with van der Waals surface area (Å²) in [4.78, 5) is 11.1. The number of carbonyl (C=O) groups is 1. The van der Waals surface area contributed by atoms with Gasteiger partial charge in [-0.1, -0.05) is 32.9 Å². The Labute approximate surface area is 75.0 Å². The molecule has 70 valence electrons. The summed E-state index contributed by atoms with van der Waals surface area (Å²) in [5.41, 5.74) is 1.02. The van der Waals surface area contributed by atoms with Crippen molar-refractivity contribution in [2.24, 2.45) is 5.92 Å². The van der Waals surface area contributed by atoms with Gasteiger partial charge in [-0.25, -0.2) is 0 Å². The number of hydrogen-bond acceptors (Lipinski definition) is 1. The first-order valence-corrected chi connectivity index (χ1v) is 4.43. The van der Waals surface area contributed by atoms with Gasteiger partial charge in [0.2, 0.25) is 5.91 Å². The first-order chi connectivity index (χ1) is 5.49. The van der Waals surface area contributed by atoms with Crippen LogP contribution in [0.1, 0.15) is 34.1 Å². The molecule has 0 aliphatic carbocycles. The lowest BCUT2D eigenvalue weighted by Gasteiger charge is -2.22. The van der Waals surface area contributed by atoms with Gasteiger partial charge in [-0.15, -0.1) is 0 Å². The molecular weight excluding hydrogens is 150 g/mol. The van der Waals surface area contributed by atoms with Gasteiger partial charge in [-0.05, 0) is 12.8 Å². The number of nitrogens with one attached hydrogen (secondary N) is 1. The average Bonchev–Trinajstić information content (AvgIpc) is 1.98. The van der Waals surface area contributed by atoms with E-state index in [4.69, 9.17) is 0 Å². The summed E-state index contributed by atoms with van der Waals surface area (Å²) in [6, 6.07) is 0.123. The van der Waals surface area contributed by atoms with E-state index in [1.165, 1.54) is 0 Å². The molecule has 1 amide bonds.